The van der Waals surface area contributed by atoms with Gasteiger partial charge in [-0.3, -0.25) is 9.59 Å². The van der Waals surface area contributed by atoms with Gasteiger partial charge in [-0.1, -0.05) is 37.0 Å². The van der Waals surface area contributed by atoms with E-state index in [4.69, 9.17) is 23.2 Å². The number of aromatic nitrogens is 2. The fourth-order valence-corrected chi connectivity index (χ4v) is 4.58. The van der Waals surface area contributed by atoms with Crippen LogP contribution in [0.5, 0.6) is 0 Å². The van der Waals surface area contributed by atoms with Crippen molar-refractivity contribution in [1.29, 1.82) is 0 Å². The summed E-state index contributed by atoms with van der Waals surface area (Å²) in [5.74, 6) is 1.13. The van der Waals surface area contributed by atoms with Gasteiger partial charge < -0.3 is 20.4 Å². The monoisotopic (exact) mass is 496 g/mol. The molecule has 0 unspecified atom stereocenters. The summed E-state index contributed by atoms with van der Waals surface area (Å²) in [5, 5.41) is 7.10. The number of amides is 2. The maximum Gasteiger partial charge on any atom is 0.254 e. The van der Waals surface area contributed by atoms with Gasteiger partial charge in [0.15, 0.2) is 5.82 Å². The number of carbonyl (C=O) groups excluding carboxylic acids is 2. The lowest BCUT2D eigenvalue weighted by Crippen LogP contribution is -2.57. The Labute approximate surface area is 204 Å². The second kappa shape index (κ2) is 9.33. The Kier molecular flexibility index (Phi) is 7.12. The molecule has 2 aromatic rings. The highest BCUT2D eigenvalue weighted by atomic mass is 35.5. The number of nitrogens with zero attached hydrogens (tertiary/aromatic N) is 4. The predicted octanol–water partition coefficient (Wildman–Crippen LogP) is 3.55. The molecule has 172 valence electrons. The number of benzene rings is 1. The van der Waals surface area contributed by atoms with E-state index in [1.807, 2.05) is 32.7 Å². The Morgan fingerprint density at radius 2 is 1.81 bits per heavy atom. The summed E-state index contributed by atoms with van der Waals surface area (Å²) in [6, 6.07) is 4.56. The molecule has 0 spiro atoms. The maximum atomic E-state index is 12.7. The van der Waals surface area contributed by atoms with Gasteiger partial charge in [0.2, 0.25) is 11.9 Å². The van der Waals surface area contributed by atoms with Crippen molar-refractivity contribution < 1.29 is 9.59 Å². The lowest BCUT2D eigenvalue weighted by Gasteiger charge is -2.40. The zero-order valence-corrected chi connectivity index (χ0v) is 20.8. The number of likely N-dealkylation sites (tertiary alicyclic amines) is 1. The molecule has 8 nitrogen and oxygen atoms in total. The van der Waals surface area contributed by atoms with Gasteiger partial charge in [0.1, 0.15) is 11.7 Å². The summed E-state index contributed by atoms with van der Waals surface area (Å²) in [6.45, 7) is 6.89. The van der Waals surface area contributed by atoms with E-state index in [-0.39, 0.29) is 43.3 Å². The predicted molar refractivity (Wildman–Crippen MR) is 133 cm³/mol. The minimum Gasteiger partial charge on any atom is -0.348 e. The number of likely N-dealkylation sites (N-methyl/N-ethyl adjacent to an activating group) is 1. The molecule has 32 heavy (non-hydrogen) atoms. The molecule has 2 aliphatic rings. The highest BCUT2D eigenvalue weighted by Crippen LogP contribution is 2.34. The first-order chi connectivity index (χ1) is 14.6. The Hall–Kier alpha value is -2.23. The molecule has 1 aromatic carbocycles. The van der Waals surface area contributed by atoms with E-state index in [0.717, 1.165) is 0 Å². The summed E-state index contributed by atoms with van der Waals surface area (Å²) >= 11 is 12.0. The summed E-state index contributed by atoms with van der Waals surface area (Å²) in [5.41, 5.74) is 1.79. The van der Waals surface area contributed by atoms with Crippen LogP contribution in [0, 0.1) is 12.8 Å². The molecule has 0 saturated carbocycles. The van der Waals surface area contributed by atoms with E-state index < -0.39 is 0 Å². The highest BCUT2D eigenvalue weighted by Gasteiger charge is 2.36. The Balaban J connectivity index is 0.00000289. The fourth-order valence-electron chi connectivity index (χ4n) is 4.06. The largest absolute Gasteiger partial charge is 0.348 e. The molecule has 11 heteroatoms. The third-order valence-electron chi connectivity index (χ3n) is 5.58. The molecule has 2 amide bonds. The standard InChI is InChI=1S/C21H24Cl2N6O2.H2S/c1-10(2)17-19(30)26-16-11(3)24-21(27-18(16)28(17)4)25-15-8-29(9-15)20(31)12-5-13(22)7-14(23)6-12;/h5-7,10,15,17H,8-9H2,1-4H3,(H,26,30)(H,24,25,27);1H2/t17-;/m0./s1. The first-order valence-corrected chi connectivity index (χ1v) is 10.8. The maximum absolute atomic E-state index is 12.7. The first kappa shape index (κ1) is 24.4. The van der Waals surface area contributed by atoms with Crippen LogP contribution < -0.4 is 15.5 Å². The minimum absolute atomic E-state index is 0. The molecule has 1 fully saturated rings. The molecule has 1 saturated heterocycles. The number of hydrogen-bond donors (Lipinski definition) is 2. The van der Waals surface area contributed by atoms with Crippen LogP contribution in [0.3, 0.4) is 0 Å². The van der Waals surface area contributed by atoms with Crippen LogP contribution in [-0.4, -0.2) is 58.9 Å². The van der Waals surface area contributed by atoms with Gasteiger partial charge >= 0.3 is 0 Å². The average Bonchev–Trinajstić information content (AvgIpc) is 2.64. The first-order valence-electron chi connectivity index (χ1n) is 10.1. The number of fused-ring (bicyclic) bond motifs is 1. The van der Waals surface area contributed by atoms with E-state index in [1.165, 1.54) is 0 Å². The van der Waals surface area contributed by atoms with E-state index in [1.54, 1.807) is 23.1 Å². The number of rotatable bonds is 4. The van der Waals surface area contributed by atoms with Crippen molar-refractivity contribution in [2.45, 2.75) is 32.9 Å². The highest BCUT2D eigenvalue weighted by molar-refractivity contribution is 7.59. The molecular formula is C21H26Cl2N6O2S. The topological polar surface area (TPSA) is 90.5 Å². The second-order valence-corrected chi connectivity index (χ2v) is 9.20. The van der Waals surface area contributed by atoms with Crippen LogP contribution in [0.2, 0.25) is 10.0 Å². The van der Waals surface area contributed by atoms with Crippen LogP contribution in [0.1, 0.15) is 29.9 Å². The van der Waals surface area contributed by atoms with Crippen molar-refractivity contribution in [1.82, 2.24) is 14.9 Å². The zero-order valence-electron chi connectivity index (χ0n) is 18.2. The third kappa shape index (κ3) is 4.60. The van der Waals surface area contributed by atoms with E-state index in [0.29, 0.717) is 51.8 Å². The van der Waals surface area contributed by atoms with Crippen LogP contribution in [0.4, 0.5) is 17.5 Å². The third-order valence-corrected chi connectivity index (χ3v) is 6.02. The molecule has 2 aliphatic heterocycles. The Morgan fingerprint density at radius 3 is 2.41 bits per heavy atom. The molecule has 0 bridgehead atoms. The lowest BCUT2D eigenvalue weighted by molar-refractivity contribution is -0.118. The molecular weight excluding hydrogens is 471 g/mol. The van der Waals surface area contributed by atoms with Gasteiger partial charge in [-0.15, -0.1) is 0 Å². The number of anilines is 3. The summed E-state index contributed by atoms with van der Waals surface area (Å²) in [6.07, 6.45) is 0. The number of aryl methyl sites for hydroxylation is 1. The Bertz CT molecular complexity index is 1040. The van der Waals surface area contributed by atoms with Crippen molar-refractivity contribution in [3.63, 3.8) is 0 Å². The van der Waals surface area contributed by atoms with Crippen molar-refractivity contribution in [2.75, 3.05) is 35.7 Å². The molecule has 2 N–H and O–H groups in total. The smallest absolute Gasteiger partial charge is 0.254 e. The van der Waals surface area contributed by atoms with Crippen molar-refractivity contribution in [3.05, 3.63) is 39.5 Å². The second-order valence-electron chi connectivity index (χ2n) is 8.33. The van der Waals surface area contributed by atoms with Crippen LogP contribution in [0.25, 0.3) is 0 Å². The van der Waals surface area contributed by atoms with E-state index in [2.05, 4.69) is 20.6 Å². The zero-order chi connectivity index (χ0) is 22.4. The Morgan fingerprint density at radius 1 is 1.19 bits per heavy atom. The molecule has 1 aromatic heterocycles. The minimum atomic E-state index is -0.295. The molecule has 4 rings (SSSR count). The van der Waals surface area contributed by atoms with Gasteiger partial charge in [0, 0.05) is 35.7 Å². The van der Waals surface area contributed by atoms with Crippen molar-refractivity contribution >= 4 is 66.0 Å². The molecule has 1 atom stereocenters. The summed E-state index contributed by atoms with van der Waals surface area (Å²) in [7, 11) is 1.87. The number of hydrogen-bond acceptors (Lipinski definition) is 6. The van der Waals surface area contributed by atoms with Gasteiger partial charge in [-0.2, -0.15) is 18.5 Å². The van der Waals surface area contributed by atoms with Gasteiger partial charge in [0.05, 0.1) is 11.7 Å². The van der Waals surface area contributed by atoms with Gasteiger partial charge in [-0.25, -0.2) is 4.98 Å². The van der Waals surface area contributed by atoms with Crippen LogP contribution in [0.15, 0.2) is 18.2 Å². The fraction of sp³-hybridized carbons (Fsp3) is 0.429. The number of halogens is 2. The summed E-state index contributed by atoms with van der Waals surface area (Å²) < 4.78 is 0. The average molecular weight is 497 g/mol. The molecule has 0 aliphatic carbocycles. The molecule has 3 heterocycles. The van der Waals surface area contributed by atoms with E-state index in [9.17, 15) is 9.59 Å². The quantitative estimate of drug-likeness (QED) is 0.672. The van der Waals surface area contributed by atoms with Gasteiger partial charge in [0.25, 0.3) is 5.91 Å². The SMILES string of the molecule is Cc1nc(NC2CN(C(=O)c3cc(Cl)cc(Cl)c3)C2)nc2c1NC(=O)[C@H](C(C)C)N2C.S. The van der Waals surface area contributed by atoms with Crippen molar-refractivity contribution in [2.24, 2.45) is 5.92 Å². The molecule has 0 radical (unpaired) electrons. The van der Waals surface area contributed by atoms with Crippen LogP contribution in [-0.2, 0) is 4.79 Å². The van der Waals surface area contributed by atoms with Gasteiger partial charge in [-0.05, 0) is 31.0 Å². The van der Waals surface area contributed by atoms with E-state index >= 15 is 0 Å². The number of nitrogens with one attached hydrogen (secondary N) is 2. The number of carbonyl (C=O) groups is 2. The lowest BCUT2D eigenvalue weighted by atomic mass is 9.99. The van der Waals surface area contributed by atoms with Crippen LogP contribution >= 0.6 is 36.7 Å². The van der Waals surface area contributed by atoms with Crippen molar-refractivity contribution in [3.8, 4) is 0 Å². The normalized spacial score (nSPS) is 18.0. The summed E-state index contributed by atoms with van der Waals surface area (Å²) in [4.78, 5) is 37.9.